The molecule has 17 heavy (non-hydrogen) atoms. The Morgan fingerprint density at radius 1 is 0.765 bits per heavy atom. The first kappa shape index (κ1) is 17.0. The Balaban J connectivity index is 0.000000304. The molecule has 1 aliphatic carbocycles. The van der Waals surface area contributed by atoms with E-state index in [2.05, 4.69) is 27.7 Å². The molecule has 1 atom stereocenters. The Morgan fingerprint density at radius 3 is 1.59 bits per heavy atom. The van der Waals surface area contributed by atoms with Gasteiger partial charge in [-0.25, -0.2) is 0 Å². The van der Waals surface area contributed by atoms with Gasteiger partial charge in [0.25, 0.3) is 0 Å². The van der Waals surface area contributed by atoms with E-state index >= 15 is 0 Å². The molecule has 0 heteroatoms. The van der Waals surface area contributed by atoms with Crippen LogP contribution < -0.4 is 0 Å². The summed E-state index contributed by atoms with van der Waals surface area (Å²) in [6, 6.07) is 0. The van der Waals surface area contributed by atoms with Crippen LogP contribution in [0.25, 0.3) is 0 Å². The molecular weight excluding hydrogens is 204 g/mol. The quantitative estimate of drug-likeness (QED) is 0.399. The van der Waals surface area contributed by atoms with Gasteiger partial charge in [0.05, 0.1) is 0 Å². The van der Waals surface area contributed by atoms with Gasteiger partial charge in [-0.2, -0.15) is 0 Å². The molecule has 1 aliphatic rings. The van der Waals surface area contributed by atoms with Crippen molar-refractivity contribution < 1.29 is 0 Å². The third kappa shape index (κ3) is 12.2. The first-order valence-corrected chi connectivity index (χ1v) is 8.26. The van der Waals surface area contributed by atoms with Gasteiger partial charge >= 0.3 is 0 Å². The molecule has 0 aromatic carbocycles. The minimum Gasteiger partial charge on any atom is -0.0654 e. The van der Waals surface area contributed by atoms with Gasteiger partial charge in [0, 0.05) is 0 Å². The van der Waals surface area contributed by atoms with Crippen molar-refractivity contribution in [1.29, 1.82) is 0 Å². The van der Waals surface area contributed by atoms with Crippen molar-refractivity contribution in [3.8, 4) is 0 Å². The van der Waals surface area contributed by atoms with Crippen molar-refractivity contribution >= 4 is 0 Å². The summed E-state index contributed by atoms with van der Waals surface area (Å²) in [6.07, 6.45) is 15.8. The second kappa shape index (κ2) is 12.5. The van der Waals surface area contributed by atoms with Gasteiger partial charge in [-0.05, 0) is 24.7 Å². The summed E-state index contributed by atoms with van der Waals surface area (Å²) in [6.45, 7) is 9.20. The average molecular weight is 240 g/mol. The highest BCUT2D eigenvalue weighted by atomic mass is 14.3. The van der Waals surface area contributed by atoms with Crippen LogP contribution in [-0.2, 0) is 0 Å². The normalized spacial score (nSPS) is 16.2. The predicted molar refractivity (Wildman–Crippen MR) is 80.5 cm³/mol. The number of unbranched alkanes of at least 4 members (excludes halogenated alkanes) is 6. The van der Waals surface area contributed by atoms with Crippen LogP contribution in [0.15, 0.2) is 0 Å². The van der Waals surface area contributed by atoms with Crippen molar-refractivity contribution in [2.24, 2.45) is 11.8 Å². The van der Waals surface area contributed by atoms with Gasteiger partial charge in [-0.15, -0.1) is 0 Å². The SMILES string of the molecule is CCCCC(C)C1CC1.CCCCCCCC. The Kier molecular flexibility index (Phi) is 12.5. The number of hydrogen-bond donors (Lipinski definition) is 0. The second-order valence-electron chi connectivity index (χ2n) is 5.87. The molecule has 1 fully saturated rings. The average Bonchev–Trinajstić information content (AvgIpc) is 3.17. The zero-order chi connectivity index (χ0) is 12.9. The van der Waals surface area contributed by atoms with Crippen molar-refractivity contribution in [1.82, 2.24) is 0 Å². The molecule has 1 unspecified atom stereocenters. The number of hydrogen-bond acceptors (Lipinski definition) is 0. The van der Waals surface area contributed by atoms with Crippen LogP contribution in [-0.4, -0.2) is 0 Å². The molecule has 0 radical (unpaired) electrons. The Bertz CT molecular complexity index is 129. The zero-order valence-corrected chi connectivity index (χ0v) is 12.9. The molecule has 0 nitrogen and oxygen atoms in total. The molecule has 0 N–H and O–H groups in total. The van der Waals surface area contributed by atoms with Gasteiger partial charge in [0.15, 0.2) is 0 Å². The summed E-state index contributed by atoms with van der Waals surface area (Å²) in [4.78, 5) is 0. The maximum atomic E-state index is 2.41. The van der Waals surface area contributed by atoms with Crippen LogP contribution in [0, 0.1) is 11.8 Å². The van der Waals surface area contributed by atoms with E-state index in [0.717, 1.165) is 11.8 Å². The lowest BCUT2D eigenvalue weighted by Gasteiger charge is -2.06. The maximum absolute atomic E-state index is 2.41. The minimum absolute atomic E-state index is 1.03. The van der Waals surface area contributed by atoms with E-state index in [4.69, 9.17) is 0 Å². The molecule has 0 aromatic heterocycles. The fourth-order valence-electron chi connectivity index (χ4n) is 2.28. The summed E-state index contributed by atoms with van der Waals surface area (Å²) >= 11 is 0. The van der Waals surface area contributed by atoms with Gasteiger partial charge < -0.3 is 0 Å². The highest BCUT2D eigenvalue weighted by Crippen LogP contribution is 2.38. The molecule has 0 aliphatic heterocycles. The zero-order valence-electron chi connectivity index (χ0n) is 12.9. The van der Waals surface area contributed by atoms with E-state index in [1.807, 2.05) is 0 Å². The fraction of sp³-hybridized carbons (Fsp3) is 1.00. The molecule has 0 spiro atoms. The molecule has 0 amide bonds. The lowest BCUT2D eigenvalue weighted by molar-refractivity contribution is 0.451. The molecule has 104 valence electrons. The highest BCUT2D eigenvalue weighted by Gasteiger charge is 2.26. The van der Waals surface area contributed by atoms with Gasteiger partial charge in [-0.1, -0.05) is 85.5 Å². The van der Waals surface area contributed by atoms with Gasteiger partial charge in [0.2, 0.25) is 0 Å². The van der Waals surface area contributed by atoms with E-state index in [1.54, 1.807) is 0 Å². The van der Waals surface area contributed by atoms with E-state index in [1.165, 1.54) is 70.6 Å². The standard InChI is InChI=1S/C9H18.C8H18/c1-3-4-5-8(2)9-6-7-9;1-3-5-7-8-6-4-2/h8-9H,3-7H2,1-2H3;3-8H2,1-2H3. The van der Waals surface area contributed by atoms with Gasteiger partial charge in [0.1, 0.15) is 0 Å². The van der Waals surface area contributed by atoms with Crippen LogP contribution >= 0.6 is 0 Å². The third-order valence-corrected chi connectivity index (χ3v) is 3.90. The van der Waals surface area contributed by atoms with Crippen molar-refractivity contribution in [2.75, 3.05) is 0 Å². The van der Waals surface area contributed by atoms with Crippen molar-refractivity contribution in [2.45, 2.75) is 98.3 Å². The minimum atomic E-state index is 1.03. The lowest BCUT2D eigenvalue weighted by Crippen LogP contribution is -1.95. The summed E-state index contributed by atoms with van der Waals surface area (Å²) in [7, 11) is 0. The Morgan fingerprint density at radius 2 is 1.24 bits per heavy atom. The van der Waals surface area contributed by atoms with E-state index in [-0.39, 0.29) is 0 Å². The molecular formula is C17H36. The maximum Gasteiger partial charge on any atom is -0.0388 e. The van der Waals surface area contributed by atoms with Gasteiger partial charge in [-0.3, -0.25) is 0 Å². The monoisotopic (exact) mass is 240 g/mol. The smallest absolute Gasteiger partial charge is 0.0388 e. The first-order valence-electron chi connectivity index (χ1n) is 8.26. The summed E-state index contributed by atoms with van der Waals surface area (Å²) in [5.74, 6) is 2.15. The molecule has 1 rings (SSSR count). The van der Waals surface area contributed by atoms with Crippen LogP contribution in [0.4, 0.5) is 0 Å². The largest absolute Gasteiger partial charge is 0.0654 e. The molecule has 0 aromatic rings. The molecule has 1 saturated carbocycles. The van der Waals surface area contributed by atoms with Crippen LogP contribution in [0.5, 0.6) is 0 Å². The van der Waals surface area contributed by atoms with Crippen molar-refractivity contribution in [3.63, 3.8) is 0 Å². The summed E-state index contributed by atoms with van der Waals surface area (Å²) in [5, 5.41) is 0. The Hall–Kier alpha value is 0. The van der Waals surface area contributed by atoms with E-state index in [9.17, 15) is 0 Å². The van der Waals surface area contributed by atoms with Crippen LogP contribution in [0.3, 0.4) is 0 Å². The molecule has 0 bridgehead atoms. The fourth-order valence-corrected chi connectivity index (χ4v) is 2.28. The topological polar surface area (TPSA) is 0 Å². The summed E-state index contributed by atoms with van der Waals surface area (Å²) in [5.41, 5.74) is 0. The third-order valence-electron chi connectivity index (χ3n) is 3.90. The second-order valence-corrected chi connectivity index (χ2v) is 5.87. The van der Waals surface area contributed by atoms with E-state index < -0.39 is 0 Å². The molecule has 0 heterocycles. The van der Waals surface area contributed by atoms with Crippen molar-refractivity contribution in [3.05, 3.63) is 0 Å². The van der Waals surface area contributed by atoms with E-state index in [0.29, 0.717) is 0 Å². The first-order chi connectivity index (χ1) is 8.26. The molecule has 0 saturated heterocycles. The number of rotatable bonds is 9. The predicted octanol–water partition coefficient (Wildman–Crippen LogP) is 6.59. The summed E-state index contributed by atoms with van der Waals surface area (Å²) < 4.78 is 0. The highest BCUT2D eigenvalue weighted by molar-refractivity contribution is 4.78. The van der Waals surface area contributed by atoms with Crippen LogP contribution in [0.2, 0.25) is 0 Å². The lowest BCUT2D eigenvalue weighted by atomic mass is 10.00. The Labute approximate surface area is 111 Å². The van der Waals surface area contributed by atoms with Crippen LogP contribution in [0.1, 0.15) is 98.3 Å².